The number of para-hydroxylation sites is 2. The smallest absolute Gasteiger partial charge is 0.258 e. The molecule has 0 saturated carbocycles. The van der Waals surface area contributed by atoms with Crippen molar-refractivity contribution < 1.29 is 37.4 Å². The van der Waals surface area contributed by atoms with E-state index >= 15 is 0 Å². The molecule has 0 saturated heterocycles. The minimum Gasteiger partial charge on any atom is -0.490 e. The molecule has 0 unspecified atom stereocenters. The van der Waals surface area contributed by atoms with Gasteiger partial charge in [-0.1, -0.05) is 72.8 Å². The second-order valence-corrected chi connectivity index (χ2v) is 15.1. The lowest BCUT2D eigenvalue weighted by molar-refractivity contribution is -0.126. The van der Waals surface area contributed by atoms with Crippen LogP contribution in [0.25, 0.3) is 0 Å². The van der Waals surface area contributed by atoms with Crippen molar-refractivity contribution in [3.05, 3.63) is 155 Å². The maximum atomic E-state index is 13.3. The van der Waals surface area contributed by atoms with Crippen LogP contribution in [-0.4, -0.2) is 71.8 Å². The molecule has 6 rings (SSSR count). The number of hydrogen-bond acceptors (Lipinski definition) is 6. The zero-order valence-corrected chi connectivity index (χ0v) is 34.9. The van der Waals surface area contributed by atoms with Gasteiger partial charge in [-0.15, -0.1) is 0 Å². The van der Waals surface area contributed by atoms with Crippen LogP contribution in [0.3, 0.4) is 0 Å². The van der Waals surface area contributed by atoms with Crippen LogP contribution in [0.15, 0.2) is 121 Å². The molecule has 316 valence electrons. The Kier molecular flexibility index (Phi) is 15.8. The number of likely N-dealkylation sites (N-methyl/N-ethyl adjacent to an activating group) is 2. The van der Waals surface area contributed by atoms with E-state index in [1.54, 1.807) is 88.6 Å². The number of nitrogens with one attached hydrogen (secondary N) is 2. The number of halogens is 2. The zero-order chi connectivity index (χ0) is 43.3. The Morgan fingerprint density at radius 1 is 0.500 bits per heavy atom. The van der Waals surface area contributed by atoms with Gasteiger partial charge in [-0.25, -0.2) is 8.78 Å². The normalized spacial score (nSPS) is 24.3. The van der Waals surface area contributed by atoms with Crippen molar-refractivity contribution in [2.75, 3.05) is 14.1 Å². The van der Waals surface area contributed by atoms with Gasteiger partial charge in [0.15, 0.2) is 0 Å². The van der Waals surface area contributed by atoms with Gasteiger partial charge in [0, 0.05) is 26.9 Å². The minimum absolute atomic E-state index is 0.125. The van der Waals surface area contributed by atoms with Crippen molar-refractivity contribution in [2.24, 2.45) is 0 Å². The first kappa shape index (κ1) is 44.8. The maximum absolute atomic E-state index is 13.3. The lowest BCUT2D eigenvalue weighted by atomic mass is 10.0. The molecule has 0 fully saturated rings. The van der Waals surface area contributed by atoms with Crippen molar-refractivity contribution in [3.63, 3.8) is 0 Å². The Labute approximate surface area is 351 Å². The molecule has 2 N–H and O–H groups in total. The van der Waals surface area contributed by atoms with E-state index in [-0.39, 0.29) is 59.6 Å². The topological polar surface area (TPSA) is 117 Å². The number of rotatable bonds is 2. The van der Waals surface area contributed by atoms with E-state index in [1.165, 1.54) is 34.1 Å². The molecular formula is C48H54F2N4O6. The molecule has 0 radical (unpaired) electrons. The molecule has 0 aromatic heterocycles. The predicted octanol–water partition coefficient (Wildman–Crippen LogP) is 8.52. The Morgan fingerprint density at radius 2 is 0.833 bits per heavy atom. The summed E-state index contributed by atoms with van der Waals surface area (Å²) in [6.07, 6.45) is 10.1. The van der Waals surface area contributed by atoms with Crippen LogP contribution in [0.2, 0.25) is 0 Å². The third-order valence-corrected chi connectivity index (χ3v) is 10.6. The number of ether oxygens (including phenoxy) is 2. The van der Waals surface area contributed by atoms with Crippen LogP contribution in [0.5, 0.6) is 11.5 Å². The summed E-state index contributed by atoms with van der Waals surface area (Å²) in [7, 11) is 3.21. The highest BCUT2D eigenvalue weighted by atomic mass is 19.1. The van der Waals surface area contributed by atoms with Crippen LogP contribution < -0.4 is 20.1 Å². The fourth-order valence-electron chi connectivity index (χ4n) is 6.68. The Hall–Kier alpha value is -6.30. The number of hydrogen-bond donors (Lipinski definition) is 2. The molecule has 2 aliphatic rings. The van der Waals surface area contributed by atoms with E-state index in [0.717, 1.165) is 11.1 Å². The lowest BCUT2D eigenvalue weighted by Crippen LogP contribution is -2.47. The van der Waals surface area contributed by atoms with Crippen LogP contribution in [0.4, 0.5) is 8.78 Å². The van der Waals surface area contributed by atoms with E-state index in [2.05, 4.69) is 10.6 Å². The quantitative estimate of drug-likeness (QED) is 0.196. The summed E-state index contributed by atoms with van der Waals surface area (Å²) in [5.41, 5.74) is 2.44. The Morgan fingerprint density at radius 3 is 1.20 bits per heavy atom. The molecule has 2 aliphatic heterocycles. The molecule has 10 nitrogen and oxygen atoms in total. The highest BCUT2D eigenvalue weighted by Crippen LogP contribution is 2.26. The molecule has 2 heterocycles. The van der Waals surface area contributed by atoms with E-state index in [9.17, 15) is 28.0 Å². The predicted molar refractivity (Wildman–Crippen MR) is 227 cm³/mol. The number of carbonyl (C=O) groups excluding carboxylic acids is 4. The summed E-state index contributed by atoms with van der Waals surface area (Å²) in [6.45, 7) is 7.26. The summed E-state index contributed by atoms with van der Waals surface area (Å²) >= 11 is 0. The molecular weight excluding hydrogens is 767 g/mol. The monoisotopic (exact) mass is 820 g/mol. The van der Waals surface area contributed by atoms with Crippen molar-refractivity contribution in [1.82, 2.24) is 20.4 Å². The van der Waals surface area contributed by atoms with E-state index in [1.807, 2.05) is 50.3 Å². The van der Waals surface area contributed by atoms with Crippen LogP contribution in [0.1, 0.15) is 97.3 Å². The average Bonchev–Trinajstić information content (AvgIpc) is 3.24. The molecule has 4 aromatic rings. The van der Waals surface area contributed by atoms with Gasteiger partial charge in [-0.2, -0.15) is 0 Å². The van der Waals surface area contributed by atoms with Gasteiger partial charge in [-0.3, -0.25) is 19.2 Å². The summed E-state index contributed by atoms with van der Waals surface area (Å²) in [5, 5.41) is 6.01. The number of benzene rings is 4. The Balaban J connectivity index is 0.000000228. The van der Waals surface area contributed by atoms with Crippen LogP contribution in [0, 0.1) is 11.6 Å². The summed E-state index contributed by atoms with van der Waals surface area (Å²) in [6, 6.07) is 24.3. The average molecular weight is 821 g/mol. The number of amides is 4. The molecule has 60 heavy (non-hydrogen) atoms. The van der Waals surface area contributed by atoms with E-state index < -0.39 is 12.1 Å². The number of nitrogens with zero attached hydrogens (tertiary/aromatic N) is 2. The van der Waals surface area contributed by atoms with Gasteiger partial charge in [0.25, 0.3) is 11.8 Å². The highest BCUT2D eigenvalue weighted by molar-refractivity contribution is 6.00. The first-order chi connectivity index (χ1) is 28.7. The van der Waals surface area contributed by atoms with Crippen molar-refractivity contribution in [1.29, 1.82) is 0 Å². The highest BCUT2D eigenvalue weighted by Gasteiger charge is 2.29. The van der Waals surface area contributed by atoms with Gasteiger partial charge >= 0.3 is 0 Å². The summed E-state index contributed by atoms with van der Waals surface area (Å²) in [5.74, 6) is -0.782. The summed E-state index contributed by atoms with van der Waals surface area (Å²) in [4.78, 5) is 54.8. The molecule has 0 spiro atoms. The first-order valence-electron chi connectivity index (χ1n) is 20.2. The Bertz CT molecular complexity index is 2010. The zero-order valence-electron chi connectivity index (χ0n) is 34.9. The molecule has 0 aliphatic carbocycles. The molecule has 0 bridgehead atoms. The first-order valence-corrected chi connectivity index (χ1v) is 20.2. The molecule has 6 atom stereocenters. The van der Waals surface area contributed by atoms with Crippen molar-refractivity contribution in [2.45, 2.75) is 89.8 Å². The van der Waals surface area contributed by atoms with Gasteiger partial charge < -0.3 is 29.9 Å². The summed E-state index contributed by atoms with van der Waals surface area (Å²) < 4.78 is 38.7. The van der Waals surface area contributed by atoms with Gasteiger partial charge in [-0.05, 0) is 100 Å². The second kappa shape index (κ2) is 21.1. The molecule has 4 aromatic carbocycles. The fraction of sp³-hybridized carbons (Fsp3) is 0.333. The van der Waals surface area contributed by atoms with Crippen molar-refractivity contribution in [3.8, 4) is 11.5 Å². The number of carbonyl (C=O) groups is 4. The molecule has 12 heteroatoms. The number of fused-ring (bicyclic) bond motifs is 2. The van der Waals surface area contributed by atoms with Gasteiger partial charge in [0.2, 0.25) is 11.8 Å². The van der Waals surface area contributed by atoms with Crippen LogP contribution >= 0.6 is 0 Å². The van der Waals surface area contributed by atoms with Crippen LogP contribution in [-0.2, 0) is 9.59 Å². The fourth-order valence-corrected chi connectivity index (χ4v) is 6.68. The third-order valence-electron chi connectivity index (χ3n) is 10.6. The minimum atomic E-state index is -0.696. The SMILES string of the molecule is C[C@@H]1C(=O)N[C@H](c2ccc(F)cc2)C/C=C/C[C@H](C)Oc2ccccc2C(=O)N1C.C[C@@H]1C(=O)N[C@H](c2ccc(F)cc2)C/C=C\C[C@H](C)Oc2ccccc2C(=O)N1C. The largest absolute Gasteiger partial charge is 0.490 e. The lowest BCUT2D eigenvalue weighted by Gasteiger charge is -2.28. The standard InChI is InChI=1S/2C24H27FN2O3/c2*1-16-8-4-6-10-21(18-12-14-19(25)15-13-18)26-23(28)17(2)27(3)24(29)20-9-5-7-11-22(20)30-16/h2*4-7,9,11-17,21H,8,10H2,1-3H3,(H,26,28)/b6-4+;6-4-/t2*16-,17+,21-/m00/s1. The van der Waals surface area contributed by atoms with Gasteiger partial charge in [0.1, 0.15) is 35.2 Å². The van der Waals surface area contributed by atoms with Gasteiger partial charge in [0.05, 0.1) is 35.4 Å². The molecule has 4 amide bonds. The van der Waals surface area contributed by atoms with E-state index in [0.29, 0.717) is 48.3 Å². The van der Waals surface area contributed by atoms with E-state index in [4.69, 9.17) is 9.47 Å². The second-order valence-electron chi connectivity index (χ2n) is 15.1. The maximum Gasteiger partial charge on any atom is 0.258 e. The third kappa shape index (κ3) is 11.9. The van der Waals surface area contributed by atoms with Crippen molar-refractivity contribution >= 4 is 23.6 Å².